The van der Waals surface area contributed by atoms with Crippen molar-refractivity contribution in [3.63, 3.8) is 0 Å². The Hall–Kier alpha value is -1.08. The molecule has 1 heterocycles. The summed E-state index contributed by atoms with van der Waals surface area (Å²) in [5, 5.41) is 3.43. The summed E-state index contributed by atoms with van der Waals surface area (Å²) in [5.74, 6) is 1.47. The van der Waals surface area contributed by atoms with Crippen LogP contribution >= 0.6 is 31.9 Å². The number of methoxy groups -OCH3 is 2. The second kappa shape index (κ2) is 8.54. The highest BCUT2D eigenvalue weighted by molar-refractivity contribution is 9.10. The largest absolute Gasteiger partial charge is 0.493 e. The number of benzene rings is 2. The molecule has 0 saturated carbocycles. The molecule has 6 heteroatoms. The number of rotatable bonds is 5. The molecule has 0 radical (unpaired) electrons. The van der Waals surface area contributed by atoms with E-state index in [1.807, 2.05) is 6.07 Å². The Morgan fingerprint density at radius 3 is 2.32 bits per heavy atom. The molecular formula is C19H22Br2N2O2. The van der Waals surface area contributed by atoms with Crippen LogP contribution in [0.3, 0.4) is 0 Å². The average molecular weight is 470 g/mol. The molecule has 1 unspecified atom stereocenters. The lowest BCUT2D eigenvalue weighted by atomic mass is 9.96. The molecule has 1 fully saturated rings. The van der Waals surface area contributed by atoms with Crippen LogP contribution in [-0.2, 0) is 0 Å². The van der Waals surface area contributed by atoms with Gasteiger partial charge in [0.1, 0.15) is 0 Å². The highest BCUT2D eigenvalue weighted by Crippen LogP contribution is 2.40. The van der Waals surface area contributed by atoms with Crippen LogP contribution in [0, 0.1) is 0 Å². The lowest BCUT2D eigenvalue weighted by Crippen LogP contribution is -2.45. The van der Waals surface area contributed by atoms with Gasteiger partial charge in [-0.25, -0.2) is 0 Å². The Kier molecular flexibility index (Phi) is 6.39. The first-order chi connectivity index (χ1) is 12.1. The first-order valence-electron chi connectivity index (χ1n) is 8.25. The van der Waals surface area contributed by atoms with Crippen LogP contribution in [0.1, 0.15) is 17.2 Å². The molecule has 25 heavy (non-hydrogen) atoms. The monoisotopic (exact) mass is 468 g/mol. The first-order valence-corrected chi connectivity index (χ1v) is 9.84. The molecule has 1 aliphatic heterocycles. The van der Waals surface area contributed by atoms with E-state index < -0.39 is 0 Å². The van der Waals surface area contributed by atoms with Gasteiger partial charge in [-0.1, -0.05) is 44.0 Å². The van der Waals surface area contributed by atoms with Gasteiger partial charge >= 0.3 is 0 Å². The normalized spacial score (nSPS) is 16.5. The van der Waals surface area contributed by atoms with E-state index in [-0.39, 0.29) is 6.04 Å². The van der Waals surface area contributed by atoms with Crippen molar-refractivity contribution >= 4 is 31.9 Å². The van der Waals surface area contributed by atoms with Crippen molar-refractivity contribution in [1.82, 2.24) is 10.2 Å². The van der Waals surface area contributed by atoms with Crippen molar-refractivity contribution < 1.29 is 9.47 Å². The Balaban J connectivity index is 2.11. The predicted octanol–water partition coefficient (Wildman–Crippen LogP) is 4.22. The summed E-state index contributed by atoms with van der Waals surface area (Å²) < 4.78 is 13.1. The molecule has 0 bridgehead atoms. The molecule has 1 atom stereocenters. The van der Waals surface area contributed by atoms with E-state index in [1.165, 1.54) is 11.1 Å². The Labute approximate surface area is 165 Å². The van der Waals surface area contributed by atoms with E-state index in [0.29, 0.717) is 0 Å². The molecule has 4 nitrogen and oxygen atoms in total. The fourth-order valence-electron chi connectivity index (χ4n) is 3.28. The zero-order valence-corrected chi connectivity index (χ0v) is 17.6. The van der Waals surface area contributed by atoms with E-state index in [1.54, 1.807) is 14.2 Å². The first kappa shape index (κ1) is 18.7. The molecule has 1 saturated heterocycles. The average Bonchev–Trinajstić information content (AvgIpc) is 2.64. The quantitative estimate of drug-likeness (QED) is 0.710. The minimum Gasteiger partial charge on any atom is -0.493 e. The summed E-state index contributed by atoms with van der Waals surface area (Å²) >= 11 is 7.35. The maximum atomic E-state index is 5.54. The Morgan fingerprint density at radius 2 is 1.68 bits per heavy atom. The summed E-state index contributed by atoms with van der Waals surface area (Å²) in [6.07, 6.45) is 0. The van der Waals surface area contributed by atoms with E-state index in [4.69, 9.17) is 9.47 Å². The molecule has 0 spiro atoms. The van der Waals surface area contributed by atoms with Crippen molar-refractivity contribution in [2.24, 2.45) is 0 Å². The molecule has 2 aromatic carbocycles. The third-order valence-electron chi connectivity index (χ3n) is 4.48. The molecule has 1 aliphatic rings. The van der Waals surface area contributed by atoms with Gasteiger partial charge in [0.2, 0.25) is 0 Å². The molecule has 1 N–H and O–H groups in total. The highest BCUT2D eigenvalue weighted by atomic mass is 79.9. The third kappa shape index (κ3) is 4.19. The van der Waals surface area contributed by atoms with Gasteiger partial charge in [-0.3, -0.25) is 4.90 Å². The molecular weight excluding hydrogens is 448 g/mol. The number of hydrogen-bond donors (Lipinski definition) is 1. The predicted molar refractivity (Wildman–Crippen MR) is 108 cm³/mol. The maximum Gasteiger partial charge on any atom is 0.161 e. The third-order valence-corrected chi connectivity index (χ3v) is 5.66. The minimum atomic E-state index is 0.147. The van der Waals surface area contributed by atoms with Crippen LogP contribution in [0.15, 0.2) is 45.3 Å². The number of piperazine rings is 1. The van der Waals surface area contributed by atoms with Crippen LogP contribution < -0.4 is 14.8 Å². The highest BCUT2D eigenvalue weighted by Gasteiger charge is 2.27. The standard InChI is InChI=1S/C19H22Br2N2O2/c1-24-17-11-15(16(21)12-18(17)25-2)19(23-8-6-22-7-9-23)13-4-3-5-14(20)10-13/h3-5,10-12,19,22H,6-9H2,1-2H3. The Bertz CT molecular complexity index is 733. The molecule has 134 valence electrons. The van der Waals surface area contributed by atoms with Crippen LogP contribution in [-0.4, -0.2) is 45.3 Å². The number of ether oxygens (including phenoxy) is 2. The van der Waals surface area contributed by atoms with Crippen LogP contribution in [0.2, 0.25) is 0 Å². The van der Waals surface area contributed by atoms with Gasteiger partial charge in [-0.2, -0.15) is 0 Å². The minimum absolute atomic E-state index is 0.147. The fourth-order valence-corrected chi connectivity index (χ4v) is 4.24. The summed E-state index contributed by atoms with van der Waals surface area (Å²) in [4.78, 5) is 2.50. The van der Waals surface area contributed by atoms with Crippen molar-refractivity contribution in [2.75, 3.05) is 40.4 Å². The summed E-state index contributed by atoms with van der Waals surface area (Å²) in [6.45, 7) is 3.99. The molecule has 0 aromatic heterocycles. The number of nitrogens with one attached hydrogen (secondary N) is 1. The van der Waals surface area contributed by atoms with Gasteiger partial charge in [0.05, 0.1) is 20.3 Å². The number of halogens is 2. The van der Waals surface area contributed by atoms with Gasteiger partial charge < -0.3 is 14.8 Å². The van der Waals surface area contributed by atoms with Crippen molar-refractivity contribution in [3.8, 4) is 11.5 Å². The second-order valence-electron chi connectivity index (χ2n) is 5.97. The number of nitrogens with zero attached hydrogens (tertiary/aromatic N) is 1. The zero-order valence-electron chi connectivity index (χ0n) is 14.4. The van der Waals surface area contributed by atoms with Crippen LogP contribution in [0.25, 0.3) is 0 Å². The molecule has 0 aliphatic carbocycles. The van der Waals surface area contributed by atoms with Gasteiger partial charge in [0, 0.05) is 35.1 Å². The van der Waals surface area contributed by atoms with Crippen molar-refractivity contribution in [1.29, 1.82) is 0 Å². The van der Waals surface area contributed by atoms with Gasteiger partial charge in [0.25, 0.3) is 0 Å². The van der Waals surface area contributed by atoms with E-state index >= 15 is 0 Å². The smallest absolute Gasteiger partial charge is 0.161 e. The van der Waals surface area contributed by atoms with E-state index in [9.17, 15) is 0 Å². The van der Waals surface area contributed by atoms with Crippen molar-refractivity contribution in [2.45, 2.75) is 6.04 Å². The van der Waals surface area contributed by atoms with Gasteiger partial charge in [0.15, 0.2) is 11.5 Å². The van der Waals surface area contributed by atoms with Gasteiger partial charge in [-0.15, -0.1) is 0 Å². The molecule has 0 amide bonds. The SMILES string of the molecule is COc1cc(Br)c(C(c2cccc(Br)c2)N2CCNCC2)cc1OC. The number of hydrogen-bond acceptors (Lipinski definition) is 4. The topological polar surface area (TPSA) is 33.7 Å². The second-order valence-corrected chi connectivity index (χ2v) is 7.74. The van der Waals surface area contributed by atoms with E-state index in [0.717, 1.165) is 46.6 Å². The zero-order chi connectivity index (χ0) is 17.8. The van der Waals surface area contributed by atoms with Crippen LogP contribution in [0.5, 0.6) is 11.5 Å². The summed E-state index contributed by atoms with van der Waals surface area (Å²) in [6, 6.07) is 12.7. The van der Waals surface area contributed by atoms with Crippen LogP contribution in [0.4, 0.5) is 0 Å². The summed E-state index contributed by atoms with van der Waals surface area (Å²) in [7, 11) is 3.33. The lowest BCUT2D eigenvalue weighted by molar-refractivity contribution is 0.197. The maximum absolute atomic E-state index is 5.54. The summed E-state index contributed by atoms with van der Waals surface area (Å²) in [5.41, 5.74) is 2.43. The van der Waals surface area contributed by atoms with E-state index in [2.05, 4.69) is 72.4 Å². The van der Waals surface area contributed by atoms with Crippen molar-refractivity contribution in [3.05, 3.63) is 56.5 Å². The molecule has 2 aromatic rings. The lowest BCUT2D eigenvalue weighted by Gasteiger charge is -2.36. The van der Waals surface area contributed by atoms with Gasteiger partial charge in [-0.05, 0) is 35.4 Å². The fraction of sp³-hybridized carbons (Fsp3) is 0.368. The Morgan fingerprint density at radius 1 is 1.00 bits per heavy atom. The molecule has 3 rings (SSSR count).